The number of carbonyl (C=O) groups excluding carboxylic acids is 2. The van der Waals surface area contributed by atoms with Crippen LogP contribution in [0.2, 0.25) is 5.02 Å². The van der Waals surface area contributed by atoms with Gasteiger partial charge in [0.25, 0.3) is 15.9 Å². The Kier molecular flexibility index (Phi) is 6.67. The fraction of sp³-hybridized carbons (Fsp3) is 0.143. The van der Waals surface area contributed by atoms with E-state index in [1.807, 2.05) is 0 Å². The molecule has 2 aromatic carbocycles. The summed E-state index contributed by atoms with van der Waals surface area (Å²) in [6.45, 7) is 3.23. The molecule has 0 radical (unpaired) electrons. The molecule has 3 rings (SSSR count). The van der Waals surface area contributed by atoms with Gasteiger partial charge in [0, 0.05) is 10.7 Å². The summed E-state index contributed by atoms with van der Waals surface area (Å²) in [5.74, 6) is -0.970. The van der Waals surface area contributed by atoms with Crippen molar-refractivity contribution in [1.82, 2.24) is 5.32 Å². The predicted octanol–water partition coefficient (Wildman–Crippen LogP) is 3.80. The lowest BCUT2D eigenvalue weighted by Gasteiger charge is -2.16. The molecule has 3 aromatic rings. The lowest BCUT2D eigenvalue weighted by molar-refractivity contribution is -0.117. The highest BCUT2D eigenvalue weighted by Gasteiger charge is 2.20. The molecule has 162 valence electrons. The summed E-state index contributed by atoms with van der Waals surface area (Å²) in [6, 6.07) is 12.8. The number of hydrogen-bond donors (Lipinski definition) is 3. The minimum absolute atomic E-state index is 0.0411. The molecule has 1 atom stereocenters. The molecule has 8 nitrogen and oxygen atoms in total. The SMILES string of the molecule is Cc1ccc(S(=O)(=O)Nc2cccc(Cl)c2)cc1NC(=O)C(C)NC(=O)c1ccco1. The molecule has 0 spiro atoms. The first-order valence-electron chi connectivity index (χ1n) is 9.20. The maximum absolute atomic E-state index is 12.7. The zero-order valence-electron chi connectivity index (χ0n) is 16.7. The van der Waals surface area contributed by atoms with Gasteiger partial charge in [-0.3, -0.25) is 14.3 Å². The number of furan rings is 1. The van der Waals surface area contributed by atoms with Crippen molar-refractivity contribution in [1.29, 1.82) is 0 Å². The summed E-state index contributed by atoms with van der Waals surface area (Å²) in [5, 5.41) is 5.56. The molecule has 0 aliphatic rings. The number of nitrogens with one attached hydrogen (secondary N) is 3. The number of halogens is 1. The van der Waals surface area contributed by atoms with Gasteiger partial charge >= 0.3 is 0 Å². The van der Waals surface area contributed by atoms with Gasteiger partial charge in [0.15, 0.2) is 5.76 Å². The van der Waals surface area contributed by atoms with E-state index in [2.05, 4.69) is 15.4 Å². The average Bonchev–Trinajstić information content (AvgIpc) is 3.24. The summed E-state index contributed by atoms with van der Waals surface area (Å²) in [6.07, 6.45) is 1.35. The Bertz CT molecular complexity index is 1210. The Morgan fingerprint density at radius 1 is 1.06 bits per heavy atom. The van der Waals surface area contributed by atoms with Gasteiger partial charge in [-0.2, -0.15) is 0 Å². The van der Waals surface area contributed by atoms with E-state index in [0.717, 1.165) is 0 Å². The molecular weight excluding hydrogens is 442 g/mol. The van der Waals surface area contributed by atoms with E-state index in [9.17, 15) is 18.0 Å². The van der Waals surface area contributed by atoms with Crippen LogP contribution in [0.15, 0.2) is 70.2 Å². The minimum Gasteiger partial charge on any atom is -0.459 e. The first kappa shape index (κ1) is 22.4. The largest absolute Gasteiger partial charge is 0.459 e. The van der Waals surface area contributed by atoms with E-state index >= 15 is 0 Å². The third-order valence-corrected chi connectivity index (χ3v) is 5.95. The second kappa shape index (κ2) is 9.23. The van der Waals surface area contributed by atoms with E-state index in [0.29, 0.717) is 22.0 Å². The topological polar surface area (TPSA) is 118 Å². The minimum atomic E-state index is -3.92. The quantitative estimate of drug-likeness (QED) is 0.494. The van der Waals surface area contributed by atoms with Gasteiger partial charge in [-0.25, -0.2) is 8.42 Å². The van der Waals surface area contributed by atoms with Crippen molar-refractivity contribution in [2.45, 2.75) is 24.8 Å². The molecule has 1 aromatic heterocycles. The summed E-state index contributed by atoms with van der Waals surface area (Å²) < 4.78 is 32.9. The Morgan fingerprint density at radius 3 is 2.52 bits per heavy atom. The monoisotopic (exact) mass is 461 g/mol. The molecule has 10 heteroatoms. The van der Waals surface area contributed by atoms with Crippen molar-refractivity contribution in [3.05, 3.63) is 77.2 Å². The maximum atomic E-state index is 12.7. The molecule has 0 saturated heterocycles. The van der Waals surface area contributed by atoms with E-state index in [4.69, 9.17) is 16.0 Å². The summed E-state index contributed by atoms with van der Waals surface area (Å²) in [5.41, 5.74) is 1.27. The fourth-order valence-corrected chi connectivity index (χ4v) is 3.92. The number of anilines is 2. The van der Waals surface area contributed by atoms with Gasteiger partial charge in [-0.05, 0) is 61.9 Å². The van der Waals surface area contributed by atoms with E-state index < -0.39 is 27.9 Å². The number of sulfonamides is 1. The molecule has 0 aliphatic carbocycles. The van der Waals surface area contributed by atoms with E-state index in [1.165, 1.54) is 37.5 Å². The Morgan fingerprint density at radius 2 is 1.84 bits per heavy atom. The van der Waals surface area contributed by atoms with Gasteiger partial charge in [-0.15, -0.1) is 0 Å². The van der Waals surface area contributed by atoms with Crippen LogP contribution in [-0.2, 0) is 14.8 Å². The van der Waals surface area contributed by atoms with E-state index in [1.54, 1.807) is 37.3 Å². The molecule has 1 unspecified atom stereocenters. The number of amides is 2. The summed E-state index contributed by atoms with van der Waals surface area (Å²) in [4.78, 5) is 24.5. The Hall–Kier alpha value is -3.30. The van der Waals surface area contributed by atoms with Crippen molar-refractivity contribution in [3.8, 4) is 0 Å². The second-order valence-corrected chi connectivity index (χ2v) is 8.87. The van der Waals surface area contributed by atoms with Crippen molar-refractivity contribution in [3.63, 3.8) is 0 Å². The van der Waals surface area contributed by atoms with Gasteiger partial charge in [0.2, 0.25) is 5.91 Å². The smallest absolute Gasteiger partial charge is 0.287 e. The second-order valence-electron chi connectivity index (χ2n) is 6.75. The standard InChI is InChI=1S/C21H20ClN3O5S/c1-13-8-9-17(31(28,29)25-16-6-3-5-15(22)11-16)12-18(13)24-20(26)14(2)23-21(27)19-7-4-10-30-19/h3-12,14,25H,1-2H3,(H,23,27)(H,24,26). The van der Waals surface area contributed by atoms with Gasteiger partial charge < -0.3 is 15.1 Å². The highest BCUT2D eigenvalue weighted by molar-refractivity contribution is 7.92. The zero-order valence-corrected chi connectivity index (χ0v) is 18.3. The van der Waals surface area contributed by atoms with Crippen LogP contribution in [0.4, 0.5) is 11.4 Å². The highest BCUT2D eigenvalue weighted by atomic mass is 35.5. The molecule has 0 bridgehead atoms. The molecule has 2 amide bonds. The highest BCUT2D eigenvalue weighted by Crippen LogP contribution is 2.24. The lowest BCUT2D eigenvalue weighted by Crippen LogP contribution is -2.41. The summed E-state index contributed by atoms with van der Waals surface area (Å²) in [7, 11) is -3.92. The van der Waals surface area contributed by atoms with Crippen LogP contribution in [0.25, 0.3) is 0 Å². The number of aryl methyl sites for hydroxylation is 1. The lowest BCUT2D eigenvalue weighted by atomic mass is 10.2. The first-order valence-corrected chi connectivity index (χ1v) is 11.1. The van der Waals surface area contributed by atoms with Crippen LogP contribution >= 0.6 is 11.6 Å². The molecule has 3 N–H and O–H groups in total. The normalized spacial score (nSPS) is 12.1. The van der Waals surface area contributed by atoms with Crippen molar-refractivity contribution < 1.29 is 22.4 Å². The Labute approximate surface area is 184 Å². The predicted molar refractivity (Wildman–Crippen MR) is 118 cm³/mol. The van der Waals surface area contributed by atoms with Crippen LogP contribution in [-0.4, -0.2) is 26.3 Å². The number of carbonyl (C=O) groups is 2. The number of hydrogen-bond acceptors (Lipinski definition) is 5. The van der Waals surface area contributed by atoms with Crippen LogP contribution in [0.3, 0.4) is 0 Å². The molecule has 0 fully saturated rings. The fourth-order valence-electron chi connectivity index (χ4n) is 2.65. The van der Waals surface area contributed by atoms with Crippen LogP contribution < -0.4 is 15.4 Å². The molecule has 0 saturated carbocycles. The summed E-state index contributed by atoms with van der Waals surface area (Å²) >= 11 is 5.90. The van der Waals surface area contributed by atoms with Gasteiger partial charge in [-0.1, -0.05) is 23.7 Å². The van der Waals surface area contributed by atoms with Crippen LogP contribution in [0.5, 0.6) is 0 Å². The van der Waals surface area contributed by atoms with Crippen molar-refractivity contribution in [2.75, 3.05) is 10.0 Å². The molecular formula is C21H20ClN3O5S. The van der Waals surface area contributed by atoms with Crippen LogP contribution in [0, 0.1) is 6.92 Å². The number of benzene rings is 2. The molecule has 31 heavy (non-hydrogen) atoms. The number of rotatable bonds is 7. The maximum Gasteiger partial charge on any atom is 0.287 e. The zero-order chi connectivity index (χ0) is 22.6. The molecule has 0 aliphatic heterocycles. The van der Waals surface area contributed by atoms with Crippen LogP contribution in [0.1, 0.15) is 23.0 Å². The van der Waals surface area contributed by atoms with Gasteiger partial charge in [0.1, 0.15) is 6.04 Å². The van der Waals surface area contributed by atoms with E-state index in [-0.39, 0.29) is 10.7 Å². The third-order valence-electron chi connectivity index (χ3n) is 4.34. The molecule has 1 heterocycles. The van der Waals surface area contributed by atoms with Crippen molar-refractivity contribution in [2.24, 2.45) is 0 Å². The third kappa shape index (κ3) is 5.65. The average molecular weight is 462 g/mol. The van der Waals surface area contributed by atoms with Gasteiger partial charge in [0.05, 0.1) is 16.8 Å². The first-order chi connectivity index (χ1) is 14.7. The Balaban J connectivity index is 1.74. The van der Waals surface area contributed by atoms with Crippen molar-refractivity contribution >= 4 is 44.8 Å².